The number of carbonyl (C=O) groups excluding carboxylic acids is 1. The Bertz CT molecular complexity index is 1140. The first-order valence-electron chi connectivity index (χ1n) is 10.7. The number of rotatable bonds is 13. The second-order valence-corrected chi connectivity index (χ2v) is 7.30. The van der Waals surface area contributed by atoms with Gasteiger partial charge in [-0.25, -0.2) is 0 Å². The van der Waals surface area contributed by atoms with Gasteiger partial charge < -0.3 is 33.5 Å². The number of aromatic hydroxyl groups is 1. The van der Waals surface area contributed by atoms with E-state index in [1.54, 1.807) is 31.4 Å². The van der Waals surface area contributed by atoms with Crippen LogP contribution in [-0.4, -0.2) is 45.8 Å². The van der Waals surface area contributed by atoms with Crippen molar-refractivity contribution in [2.24, 2.45) is 0 Å². The molecule has 3 aromatic carbocycles. The van der Waals surface area contributed by atoms with Gasteiger partial charge in [0.15, 0.2) is 30.9 Å². The molecule has 0 aliphatic carbocycles. The number of carbonyl (C=O) groups is 1. The summed E-state index contributed by atoms with van der Waals surface area (Å²) in [6, 6.07) is 17.9. The lowest BCUT2D eigenvalue weighted by molar-refractivity contribution is 0.0453. The lowest BCUT2D eigenvalue weighted by Gasteiger charge is -2.13. The summed E-state index contributed by atoms with van der Waals surface area (Å²) in [5.41, 5.74) is 1.71. The summed E-state index contributed by atoms with van der Waals surface area (Å²) in [5, 5.41) is 10.5. The summed E-state index contributed by atoms with van der Waals surface area (Å²) >= 11 is 0. The van der Waals surface area contributed by atoms with Crippen LogP contribution < -0.4 is 18.9 Å². The minimum absolute atomic E-state index is 0.0165. The molecule has 184 valence electrons. The van der Waals surface area contributed by atoms with E-state index in [9.17, 15) is 9.90 Å². The van der Waals surface area contributed by atoms with E-state index in [0.717, 1.165) is 5.56 Å². The molecule has 0 heterocycles. The molecule has 0 aromatic heterocycles. The lowest BCUT2D eigenvalue weighted by atomic mass is 10.1. The molecule has 35 heavy (non-hydrogen) atoms. The van der Waals surface area contributed by atoms with Crippen molar-refractivity contribution in [3.05, 3.63) is 83.4 Å². The van der Waals surface area contributed by atoms with E-state index in [4.69, 9.17) is 28.4 Å². The Hall–Kier alpha value is -4.01. The number of phenolic OH excluding ortho intramolecular Hbond substituents is 1. The third-order valence-corrected chi connectivity index (χ3v) is 4.83. The number of hydrogen-bond acceptors (Lipinski definition) is 8. The Labute approximate surface area is 204 Å². The molecule has 3 rings (SSSR count). The van der Waals surface area contributed by atoms with Crippen molar-refractivity contribution in [3.8, 4) is 28.7 Å². The Balaban J connectivity index is 1.81. The molecule has 0 saturated heterocycles. The molecule has 0 fully saturated rings. The van der Waals surface area contributed by atoms with E-state index >= 15 is 0 Å². The van der Waals surface area contributed by atoms with Crippen LogP contribution in [0.5, 0.6) is 28.7 Å². The van der Waals surface area contributed by atoms with Gasteiger partial charge in [0.05, 0.1) is 7.11 Å². The highest BCUT2D eigenvalue weighted by atomic mass is 16.7. The monoisotopic (exact) mass is 480 g/mol. The number of methoxy groups -OCH3 is 3. The summed E-state index contributed by atoms with van der Waals surface area (Å²) in [7, 11) is 4.49. The van der Waals surface area contributed by atoms with E-state index in [1.807, 2.05) is 30.3 Å². The summed E-state index contributed by atoms with van der Waals surface area (Å²) in [4.78, 5) is 13.0. The van der Waals surface area contributed by atoms with Crippen molar-refractivity contribution in [3.63, 3.8) is 0 Å². The van der Waals surface area contributed by atoms with E-state index in [2.05, 4.69) is 0 Å². The highest BCUT2D eigenvalue weighted by molar-refractivity contribution is 6.10. The molecule has 0 atom stereocenters. The zero-order chi connectivity index (χ0) is 25.0. The molecule has 0 unspecified atom stereocenters. The zero-order valence-electron chi connectivity index (χ0n) is 19.9. The highest BCUT2D eigenvalue weighted by Gasteiger charge is 2.18. The molecular formula is C27H28O8. The normalized spacial score (nSPS) is 10.8. The van der Waals surface area contributed by atoms with Gasteiger partial charge in [-0.2, -0.15) is 0 Å². The van der Waals surface area contributed by atoms with Gasteiger partial charge >= 0.3 is 0 Å². The maximum atomic E-state index is 13.0. The fraction of sp³-hybridized carbons (Fsp3) is 0.222. The predicted molar refractivity (Wildman–Crippen MR) is 130 cm³/mol. The summed E-state index contributed by atoms with van der Waals surface area (Å²) in [5.74, 6) is 0.762. The van der Waals surface area contributed by atoms with Crippen LogP contribution in [0.25, 0.3) is 6.08 Å². The third-order valence-electron chi connectivity index (χ3n) is 4.83. The van der Waals surface area contributed by atoms with Gasteiger partial charge in [-0.3, -0.25) is 4.79 Å². The molecular weight excluding hydrogens is 452 g/mol. The SMILES string of the molecule is COCOc1cc(O)c(C(=O)C=Cc2ccc(OC)c(OCc3ccccc3)c2)c(OCOC)c1. The van der Waals surface area contributed by atoms with Crippen molar-refractivity contribution in [2.75, 3.05) is 34.9 Å². The van der Waals surface area contributed by atoms with Gasteiger partial charge in [-0.1, -0.05) is 42.5 Å². The molecule has 0 spiro atoms. The molecule has 1 N–H and O–H groups in total. The number of ketones is 1. The van der Waals surface area contributed by atoms with Crippen molar-refractivity contribution >= 4 is 11.9 Å². The van der Waals surface area contributed by atoms with Crippen LogP contribution in [0, 0.1) is 0 Å². The highest BCUT2D eigenvalue weighted by Crippen LogP contribution is 2.35. The van der Waals surface area contributed by atoms with Crippen molar-refractivity contribution in [1.82, 2.24) is 0 Å². The summed E-state index contributed by atoms with van der Waals surface area (Å²) < 4.78 is 32.0. The fourth-order valence-corrected chi connectivity index (χ4v) is 3.17. The molecule has 0 bridgehead atoms. The maximum Gasteiger partial charge on any atom is 0.193 e. The quantitative estimate of drug-likeness (QED) is 0.211. The molecule has 0 aliphatic rings. The molecule has 0 saturated carbocycles. The minimum Gasteiger partial charge on any atom is -0.507 e. The first kappa shape index (κ1) is 25.6. The Morgan fingerprint density at radius 3 is 2.29 bits per heavy atom. The Morgan fingerprint density at radius 2 is 1.57 bits per heavy atom. The van der Waals surface area contributed by atoms with E-state index in [1.165, 1.54) is 32.4 Å². The van der Waals surface area contributed by atoms with Crippen LogP contribution in [0.2, 0.25) is 0 Å². The van der Waals surface area contributed by atoms with E-state index in [0.29, 0.717) is 23.7 Å². The standard InChI is InChI=1S/C27H28O8/c1-30-17-34-21-14-23(29)27(26(15-21)35-18-31-2)22(28)11-9-19-10-12-24(32-3)25(13-19)33-16-20-7-5-4-6-8-20/h4-15,29H,16-18H2,1-3H3. The zero-order valence-corrected chi connectivity index (χ0v) is 19.9. The van der Waals surface area contributed by atoms with Gasteiger partial charge in [-0.15, -0.1) is 0 Å². The Kier molecular flexibility index (Phi) is 9.53. The third kappa shape index (κ3) is 7.23. The number of benzene rings is 3. The van der Waals surface area contributed by atoms with Crippen LogP contribution in [0.4, 0.5) is 0 Å². The van der Waals surface area contributed by atoms with Crippen molar-refractivity contribution < 1.29 is 38.3 Å². The molecule has 8 nitrogen and oxygen atoms in total. The fourth-order valence-electron chi connectivity index (χ4n) is 3.17. The minimum atomic E-state index is -0.463. The van der Waals surface area contributed by atoms with Crippen LogP contribution in [0.3, 0.4) is 0 Å². The number of ether oxygens (including phenoxy) is 6. The van der Waals surface area contributed by atoms with Gasteiger partial charge in [0.1, 0.15) is 29.4 Å². The topological polar surface area (TPSA) is 92.7 Å². The van der Waals surface area contributed by atoms with Crippen LogP contribution in [0.15, 0.2) is 66.7 Å². The van der Waals surface area contributed by atoms with E-state index < -0.39 is 5.78 Å². The lowest BCUT2D eigenvalue weighted by Crippen LogP contribution is -2.06. The van der Waals surface area contributed by atoms with Crippen LogP contribution >= 0.6 is 0 Å². The summed E-state index contributed by atoms with van der Waals surface area (Å²) in [6.07, 6.45) is 2.96. The van der Waals surface area contributed by atoms with Crippen molar-refractivity contribution in [1.29, 1.82) is 0 Å². The molecule has 3 aromatic rings. The average molecular weight is 481 g/mol. The van der Waals surface area contributed by atoms with Gasteiger partial charge in [0, 0.05) is 26.4 Å². The van der Waals surface area contributed by atoms with Gasteiger partial charge in [0.2, 0.25) is 0 Å². The number of phenols is 1. The Morgan fingerprint density at radius 1 is 0.829 bits per heavy atom. The maximum absolute atomic E-state index is 13.0. The van der Waals surface area contributed by atoms with E-state index in [-0.39, 0.29) is 36.4 Å². The van der Waals surface area contributed by atoms with Crippen molar-refractivity contribution in [2.45, 2.75) is 6.61 Å². The average Bonchev–Trinajstić information content (AvgIpc) is 2.88. The smallest absolute Gasteiger partial charge is 0.193 e. The number of hydrogen-bond donors (Lipinski definition) is 1. The first-order chi connectivity index (χ1) is 17.0. The molecule has 0 amide bonds. The van der Waals surface area contributed by atoms with Crippen LogP contribution in [0.1, 0.15) is 21.5 Å². The molecule has 0 radical (unpaired) electrons. The largest absolute Gasteiger partial charge is 0.507 e. The second-order valence-electron chi connectivity index (χ2n) is 7.30. The summed E-state index contributed by atoms with van der Waals surface area (Å²) in [6.45, 7) is 0.231. The van der Waals surface area contributed by atoms with Crippen LogP contribution in [-0.2, 0) is 16.1 Å². The first-order valence-corrected chi connectivity index (χ1v) is 10.7. The molecule has 8 heteroatoms. The second kappa shape index (κ2) is 13.0. The molecule has 0 aliphatic heterocycles. The van der Waals surface area contributed by atoms with Gasteiger partial charge in [0.25, 0.3) is 0 Å². The van der Waals surface area contributed by atoms with Gasteiger partial charge in [-0.05, 0) is 29.3 Å². The predicted octanol–water partition coefficient (Wildman–Crippen LogP) is 4.84. The number of allylic oxidation sites excluding steroid dienone is 1.